The molecule has 0 bridgehead atoms. The van der Waals surface area contributed by atoms with Crippen molar-refractivity contribution in [2.24, 2.45) is 5.73 Å². The molecule has 10 nitrogen and oxygen atoms in total. The number of hydrogen-bond donors (Lipinski definition) is 3. The molecule has 0 saturated carbocycles. The van der Waals surface area contributed by atoms with Gasteiger partial charge in [0.15, 0.2) is 0 Å². The first-order valence-electron chi connectivity index (χ1n) is 9.54. The van der Waals surface area contributed by atoms with Gasteiger partial charge in [-0.3, -0.25) is 19.2 Å². The molecule has 164 valence electrons. The lowest BCUT2D eigenvalue weighted by molar-refractivity contribution is -0.120. The maximum absolute atomic E-state index is 12.6. The summed E-state index contributed by atoms with van der Waals surface area (Å²) in [4.78, 5) is 49.8. The number of ether oxygens (including phenoxy) is 2. The molecule has 10 heteroatoms. The molecule has 0 aliphatic carbocycles. The molecule has 2 rings (SSSR count). The molecule has 0 unspecified atom stereocenters. The number of rotatable bonds is 12. The van der Waals surface area contributed by atoms with Gasteiger partial charge in [-0.05, 0) is 18.2 Å². The zero-order chi connectivity index (χ0) is 22.6. The highest BCUT2D eigenvalue weighted by Gasteiger charge is 2.27. The fourth-order valence-electron chi connectivity index (χ4n) is 2.63. The summed E-state index contributed by atoms with van der Waals surface area (Å²) in [6, 6.07) is 4.05. The van der Waals surface area contributed by atoms with Crippen LogP contribution in [-0.4, -0.2) is 69.7 Å². The first-order chi connectivity index (χ1) is 15.0. The van der Waals surface area contributed by atoms with E-state index in [1.807, 2.05) is 0 Å². The lowest BCUT2D eigenvalue weighted by Crippen LogP contribution is -2.32. The summed E-state index contributed by atoms with van der Waals surface area (Å²) in [5, 5.41) is 5.14. The van der Waals surface area contributed by atoms with Crippen molar-refractivity contribution in [3.63, 3.8) is 0 Å². The minimum absolute atomic E-state index is 0.0138. The third-order valence-electron chi connectivity index (χ3n) is 4.03. The van der Waals surface area contributed by atoms with E-state index in [9.17, 15) is 19.2 Å². The first kappa shape index (κ1) is 23.8. The van der Waals surface area contributed by atoms with Crippen LogP contribution >= 0.6 is 0 Å². The molecule has 1 aromatic rings. The van der Waals surface area contributed by atoms with E-state index < -0.39 is 23.6 Å². The van der Waals surface area contributed by atoms with Crippen molar-refractivity contribution in [3.8, 4) is 12.3 Å². The SMILES string of the molecule is C#CCNC(=O)c1cc(C(=O)NCCOCCOCCN)cc(N2C(=O)C=CC2=O)c1. The van der Waals surface area contributed by atoms with Crippen LogP contribution in [0.5, 0.6) is 0 Å². The molecule has 4 N–H and O–H groups in total. The van der Waals surface area contributed by atoms with Crippen LogP contribution in [0.1, 0.15) is 20.7 Å². The van der Waals surface area contributed by atoms with E-state index in [0.29, 0.717) is 26.4 Å². The fourth-order valence-corrected chi connectivity index (χ4v) is 2.63. The molecular weight excluding hydrogens is 404 g/mol. The van der Waals surface area contributed by atoms with Gasteiger partial charge in [0.05, 0.1) is 38.7 Å². The fraction of sp³-hybridized carbons (Fsp3) is 0.333. The lowest BCUT2D eigenvalue weighted by Gasteiger charge is -2.17. The van der Waals surface area contributed by atoms with Gasteiger partial charge in [0.2, 0.25) is 0 Å². The number of carbonyl (C=O) groups excluding carboxylic acids is 4. The van der Waals surface area contributed by atoms with E-state index in [0.717, 1.165) is 17.1 Å². The summed E-state index contributed by atoms with van der Waals surface area (Å²) in [5.74, 6) is 0.105. The first-order valence-corrected chi connectivity index (χ1v) is 9.54. The van der Waals surface area contributed by atoms with Crippen LogP contribution in [0.3, 0.4) is 0 Å². The number of imide groups is 1. The summed E-state index contributed by atoms with van der Waals surface area (Å²) in [6.45, 7) is 2.09. The maximum atomic E-state index is 12.6. The van der Waals surface area contributed by atoms with E-state index >= 15 is 0 Å². The predicted octanol–water partition coefficient (Wildman–Crippen LogP) is -0.799. The van der Waals surface area contributed by atoms with Gasteiger partial charge in [-0.15, -0.1) is 6.42 Å². The second-order valence-electron chi connectivity index (χ2n) is 6.27. The number of terminal acetylenes is 1. The normalized spacial score (nSPS) is 12.7. The molecule has 0 radical (unpaired) electrons. The van der Waals surface area contributed by atoms with Crippen LogP contribution in [0.15, 0.2) is 30.4 Å². The smallest absolute Gasteiger partial charge is 0.258 e. The quantitative estimate of drug-likeness (QED) is 0.225. The zero-order valence-electron chi connectivity index (χ0n) is 16.9. The Balaban J connectivity index is 2.07. The van der Waals surface area contributed by atoms with Crippen molar-refractivity contribution < 1.29 is 28.7 Å². The predicted molar refractivity (Wildman–Crippen MR) is 112 cm³/mol. The van der Waals surface area contributed by atoms with Gasteiger partial charge >= 0.3 is 0 Å². The summed E-state index contributed by atoms with van der Waals surface area (Å²) >= 11 is 0. The number of carbonyl (C=O) groups is 4. The summed E-state index contributed by atoms with van der Waals surface area (Å²) in [5.41, 5.74) is 5.59. The number of hydrogen-bond acceptors (Lipinski definition) is 7. The van der Waals surface area contributed by atoms with E-state index in [1.165, 1.54) is 18.2 Å². The molecule has 0 atom stereocenters. The lowest BCUT2D eigenvalue weighted by atomic mass is 10.1. The van der Waals surface area contributed by atoms with Gasteiger partial charge in [-0.25, -0.2) is 4.90 Å². The molecule has 0 fully saturated rings. The Kier molecular flexibility index (Phi) is 9.38. The van der Waals surface area contributed by atoms with E-state index in [2.05, 4.69) is 16.6 Å². The van der Waals surface area contributed by atoms with Crippen LogP contribution in [0.2, 0.25) is 0 Å². The Morgan fingerprint density at radius 1 is 0.935 bits per heavy atom. The number of nitrogens with two attached hydrogens (primary N) is 1. The Morgan fingerprint density at radius 2 is 1.52 bits per heavy atom. The molecule has 1 aromatic carbocycles. The largest absolute Gasteiger partial charge is 0.378 e. The molecule has 1 heterocycles. The van der Waals surface area contributed by atoms with E-state index in [-0.39, 0.29) is 36.5 Å². The highest BCUT2D eigenvalue weighted by atomic mass is 16.5. The summed E-state index contributed by atoms with van der Waals surface area (Å²) < 4.78 is 10.5. The average Bonchev–Trinajstić information content (AvgIpc) is 3.11. The van der Waals surface area contributed by atoms with E-state index in [1.54, 1.807) is 0 Å². The van der Waals surface area contributed by atoms with Crippen LogP contribution in [0.4, 0.5) is 5.69 Å². The van der Waals surface area contributed by atoms with Crippen molar-refractivity contribution in [2.75, 3.05) is 51.0 Å². The molecule has 1 aliphatic heterocycles. The average molecular weight is 428 g/mol. The highest BCUT2D eigenvalue weighted by Crippen LogP contribution is 2.23. The minimum atomic E-state index is -0.567. The Labute approximate surface area is 179 Å². The Morgan fingerprint density at radius 3 is 2.10 bits per heavy atom. The van der Waals surface area contributed by atoms with E-state index in [4.69, 9.17) is 21.6 Å². The summed E-state index contributed by atoms with van der Waals surface area (Å²) in [6.07, 6.45) is 7.38. The van der Waals surface area contributed by atoms with Gasteiger partial charge in [0, 0.05) is 36.4 Å². The number of amides is 4. The van der Waals surface area contributed by atoms with Gasteiger partial charge < -0.3 is 25.8 Å². The number of anilines is 1. The highest BCUT2D eigenvalue weighted by molar-refractivity contribution is 6.28. The molecule has 1 aliphatic rings. The Hall–Kier alpha value is -3.52. The summed E-state index contributed by atoms with van der Waals surface area (Å²) in [7, 11) is 0. The monoisotopic (exact) mass is 428 g/mol. The molecule has 0 aromatic heterocycles. The van der Waals surface area contributed by atoms with Crippen molar-refractivity contribution in [1.82, 2.24) is 10.6 Å². The van der Waals surface area contributed by atoms with Crippen molar-refractivity contribution in [2.45, 2.75) is 0 Å². The molecule has 31 heavy (non-hydrogen) atoms. The minimum Gasteiger partial charge on any atom is -0.378 e. The number of benzene rings is 1. The van der Waals surface area contributed by atoms with Crippen LogP contribution < -0.4 is 21.3 Å². The maximum Gasteiger partial charge on any atom is 0.258 e. The standard InChI is InChI=1S/C21H24N4O6/c1-2-6-23-20(28)15-12-16(14-17(13-15)25-18(26)3-4-19(25)27)21(29)24-7-9-31-11-10-30-8-5-22/h1,3-4,12-14H,5-11,22H2,(H,23,28)(H,24,29). The van der Waals surface area contributed by atoms with Gasteiger partial charge in [-0.1, -0.05) is 5.92 Å². The van der Waals surface area contributed by atoms with Gasteiger partial charge in [-0.2, -0.15) is 0 Å². The topological polar surface area (TPSA) is 140 Å². The van der Waals surface area contributed by atoms with Crippen molar-refractivity contribution in [1.29, 1.82) is 0 Å². The van der Waals surface area contributed by atoms with Crippen LogP contribution in [-0.2, 0) is 19.1 Å². The van der Waals surface area contributed by atoms with Gasteiger partial charge in [0.1, 0.15) is 0 Å². The third kappa shape index (κ3) is 7.04. The van der Waals surface area contributed by atoms with Crippen LogP contribution in [0.25, 0.3) is 0 Å². The van der Waals surface area contributed by atoms with Crippen molar-refractivity contribution in [3.05, 3.63) is 41.5 Å². The van der Waals surface area contributed by atoms with Crippen molar-refractivity contribution >= 4 is 29.3 Å². The van der Waals surface area contributed by atoms with Gasteiger partial charge in [0.25, 0.3) is 23.6 Å². The Bertz CT molecular complexity index is 888. The van der Waals surface area contributed by atoms with Crippen LogP contribution in [0, 0.1) is 12.3 Å². The molecule has 4 amide bonds. The molecular formula is C21H24N4O6. The zero-order valence-corrected chi connectivity index (χ0v) is 16.9. The number of nitrogens with zero attached hydrogens (tertiary/aromatic N) is 1. The third-order valence-corrected chi connectivity index (χ3v) is 4.03. The molecule has 0 spiro atoms. The second kappa shape index (κ2) is 12.2. The second-order valence-corrected chi connectivity index (χ2v) is 6.27. The molecule has 0 saturated heterocycles. The number of nitrogens with one attached hydrogen (secondary N) is 2.